The fourth-order valence-corrected chi connectivity index (χ4v) is 2.32. The molecule has 4 nitrogen and oxygen atoms in total. The second-order valence-electron chi connectivity index (χ2n) is 4.97. The van der Waals surface area contributed by atoms with Crippen molar-refractivity contribution in [2.24, 2.45) is 0 Å². The quantitative estimate of drug-likeness (QED) is 0.748. The van der Waals surface area contributed by atoms with E-state index < -0.39 is 0 Å². The Labute approximate surface area is 127 Å². The van der Waals surface area contributed by atoms with E-state index in [1.54, 1.807) is 48.7 Å². The molecule has 2 aromatic carbocycles. The summed E-state index contributed by atoms with van der Waals surface area (Å²) in [5.74, 6) is -0.259. The molecule has 0 aliphatic rings. The minimum absolute atomic E-state index is 0.0366. The van der Waals surface area contributed by atoms with E-state index >= 15 is 0 Å². The highest BCUT2D eigenvalue weighted by Crippen LogP contribution is 2.19. The molecule has 0 unspecified atom stereocenters. The van der Waals surface area contributed by atoms with Crippen molar-refractivity contribution in [1.82, 2.24) is 4.98 Å². The van der Waals surface area contributed by atoms with Crippen LogP contribution in [0.15, 0.2) is 60.8 Å². The molecule has 1 aromatic heterocycles. The van der Waals surface area contributed by atoms with Crippen LogP contribution in [0.5, 0.6) is 0 Å². The molecule has 0 aliphatic heterocycles. The normalized spacial score (nSPS) is 10.4. The average Bonchev–Trinajstić information content (AvgIpc) is 2.54. The number of benzene rings is 2. The van der Waals surface area contributed by atoms with E-state index in [2.05, 4.69) is 10.3 Å². The highest BCUT2D eigenvalue weighted by Gasteiger charge is 2.11. The second kappa shape index (κ2) is 5.77. The molecule has 1 heterocycles. The van der Waals surface area contributed by atoms with Gasteiger partial charge in [-0.2, -0.15) is 0 Å². The van der Waals surface area contributed by atoms with Gasteiger partial charge in [-0.25, -0.2) is 0 Å². The van der Waals surface area contributed by atoms with Crippen LogP contribution in [0.2, 0.25) is 0 Å². The van der Waals surface area contributed by atoms with Crippen molar-refractivity contribution >= 4 is 28.3 Å². The number of ketones is 1. The SMILES string of the molecule is CC(=O)c1cccc(NC(=O)c2cccc3ncccc23)c1. The summed E-state index contributed by atoms with van der Waals surface area (Å²) < 4.78 is 0. The maximum absolute atomic E-state index is 12.5. The zero-order valence-corrected chi connectivity index (χ0v) is 12.0. The molecule has 3 rings (SSSR count). The number of pyridine rings is 1. The molecule has 1 amide bonds. The third-order valence-corrected chi connectivity index (χ3v) is 3.42. The molecular formula is C18H14N2O2. The topological polar surface area (TPSA) is 59.1 Å². The maximum atomic E-state index is 12.5. The van der Waals surface area contributed by atoms with Gasteiger partial charge in [0, 0.05) is 28.4 Å². The van der Waals surface area contributed by atoms with Gasteiger partial charge in [-0.05, 0) is 37.3 Å². The molecule has 3 aromatic rings. The summed E-state index contributed by atoms with van der Waals surface area (Å²) in [5, 5.41) is 3.62. The van der Waals surface area contributed by atoms with Crippen LogP contribution in [0.3, 0.4) is 0 Å². The molecule has 22 heavy (non-hydrogen) atoms. The Morgan fingerprint density at radius 3 is 2.64 bits per heavy atom. The van der Waals surface area contributed by atoms with Crippen molar-refractivity contribution in [3.63, 3.8) is 0 Å². The number of hydrogen-bond acceptors (Lipinski definition) is 3. The number of nitrogens with zero attached hydrogens (tertiary/aromatic N) is 1. The van der Waals surface area contributed by atoms with Gasteiger partial charge in [0.2, 0.25) is 0 Å². The van der Waals surface area contributed by atoms with Crippen LogP contribution in [0.25, 0.3) is 10.9 Å². The summed E-state index contributed by atoms with van der Waals surface area (Å²) in [7, 11) is 0. The third kappa shape index (κ3) is 2.72. The predicted molar refractivity (Wildman–Crippen MR) is 86.1 cm³/mol. The average molecular weight is 290 g/mol. The number of aromatic nitrogens is 1. The Balaban J connectivity index is 1.94. The van der Waals surface area contributed by atoms with E-state index in [1.807, 2.05) is 12.1 Å². The van der Waals surface area contributed by atoms with E-state index in [0.29, 0.717) is 16.8 Å². The van der Waals surface area contributed by atoms with Gasteiger partial charge < -0.3 is 5.32 Å². The summed E-state index contributed by atoms with van der Waals surface area (Å²) in [6, 6.07) is 16.0. The van der Waals surface area contributed by atoms with E-state index in [9.17, 15) is 9.59 Å². The zero-order valence-electron chi connectivity index (χ0n) is 12.0. The minimum Gasteiger partial charge on any atom is -0.322 e. The molecule has 0 atom stereocenters. The Bertz CT molecular complexity index is 866. The van der Waals surface area contributed by atoms with Crippen LogP contribution in [-0.4, -0.2) is 16.7 Å². The molecule has 108 valence electrons. The summed E-state index contributed by atoms with van der Waals surface area (Å²) in [5.41, 5.74) is 2.49. The monoisotopic (exact) mass is 290 g/mol. The number of fused-ring (bicyclic) bond motifs is 1. The van der Waals surface area contributed by atoms with Gasteiger partial charge in [0.05, 0.1) is 5.52 Å². The number of nitrogens with one attached hydrogen (secondary N) is 1. The van der Waals surface area contributed by atoms with Crippen molar-refractivity contribution in [1.29, 1.82) is 0 Å². The Morgan fingerprint density at radius 1 is 1.00 bits per heavy atom. The molecule has 1 N–H and O–H groups in total. The Morgan fingerprint density at radius 2 is 1.82 bits per heavy atom. The fraction of sp³-hybridized carbons (Fsp3) is 0.0556. The van der Waals surface area contributed by atoms with E-state index in [0.717, 1.165) is 10.9 Å². The number of anilines is 1. The highest BCUT2D eigenvalue weighted by molar-refractivity contribution is 6.12. The Hall–Kier alpha value is -3.01. The number of hydrogen-bond donors (Lipinski definition) is 1. The van der Waals surface area contributed by atoms with Crippen molar-refractivity contribution in [2.45, 2.75) is 6.92 Å². The van der Waals surface area contributed by atoms with Gasteiger partial charge >= 0.3 is 0 Å². The summed E-state index contributed by atoms with van der Waals surface area (Å²) in [6.07, 6.45) is 1.69. The fourth-order valence-electron chi connectivity index (χ4n) is 2.32. The first-order valence-corrected chi connectivity index (χ1v) is 6.91. The van der Waals surface area contributed by atoms with Crippen LogP contribution in [0, 0.1) is 0 Å². The van der Waals surface area contributed by atoms with Crippen molar-refractivity contribution in [3.05, 3.63) is 71.9 Å². The molecule has 4 heteroatoms. The van der Waals surface area contributed by atoms with E-state index in [4.69, 9.17) is 0 Å². The van der Waals surface area contributed by atoms with Gasteiger partial charge in [-0.3, -0.25) is 14.6 Å². The largest absolute Gasteiger partial charge is 0.322 e. The summed E-state index contributed by atoms with van der Waals surface area (Å²) in [6.45, 7) is 1.50. The van der Waals surface area contributed by atoms with E-state index in [-0.39, 0.29) is 11.7 Å². The molecule has 0 saturated carbocycles. The second-order valence-corrected chi connectivity index (χ2v) is 4.97. The lowest BCUT2D eigenvalue weighted by Gasteiger charge is -2.08. The van der Waals surface area contributed by atoms with Crippen LogP contribution in [-0.2, 0) is 0 Å². The van der Waals surface area contributed by atoms with Gasteiger partial charge in [-0.1, -0.05) is 24.3 Å². The standard InChI is InChI=1S/C18H14N2O2/c1-12(21)13-5-2-6-14(11-13)20-18(22)16-7-3-9-17-15(16)8-4-10-19-17/h2-11H,1H3,(H,20,22). The van der Waals surface area contributed by atoms with Crippen molar-refractivity contribution < 1.29 is 9.59 Å². The Kier molecular flexibility index (Phi) is 3.66. The lowest BCUT2D eigenvalue weighted by atomic mass is 10.1. The molecule has 0 saturated heterocycles. The van der Waals surface area contributed by atoms with Crippen molar-refractivity contribution in [3.8, 4) is 0 Å². The number of Topliss-reactive ketones (excluding diaryl/α,β-unsaturated/α-hetero) is 1. The molecule has 0 bridgehead atoms. The van der Waals surface area contributed by atoms with Crippen LogP contribution < -0.4 is 5.32 Å². The molecule has 0 aliphatic carbocycles. The van der Waals surface area contributed by atoms with E-state index in [1.165, 1.54) is 6.92 Å². The van der Waals surface area contributed by atoms with Gasteiger partial charge in [0.25, 0.3) is 5.91 Å². The number of carbonyl (C=O) groups excluding carboxylic acids is 2. The smallest absolute Gasteiger partial charge is 0.256 e. The maximum Gasteiger partial charge on any atom is 0.256 e. The molecule has 0 fully saturated rings. The van der Waals surface area contributed by atoms with Gasteiger partial charge in [0.15, 0.2) is 5.78 Å². The first-order chi connectivity index (χ1) is 10.6. The molecule has 0 radical (unpaired) electrons. The van der Waals surface area contributed by atoms with Crippen LogP contribution in [0.4, 0.5) is 5.69 Å². The number of amides is 1. The first-order valence-electron chi connectivity index (χ1n) is 6.91. The van der Waals surface area contributed by atoms with Crippen LogP contribution in [0.1, 0.15) is 27.6 Å². The number of rotatable bonds is 3. The predicted octanol–water partition coefficient (Wildman–Crippen LogP) is 3.69. The van der Waals surface area contributed by atoms with Gasteiger partial charge in [-0.15, -0.1) is 0 Å². The lowest BCUT2D eigenvalue weighted by Crippen LogP contribution is -2.12. The zero-order chi connectivity index (χ0) is 15.5. The molecular weight excluding hydrogens is 276 g/mol. The molecule has 0 spiro atoms. The minimum atomic E-state index is -0.223. The third-order valence-electron chi connectivity index (χ3n) is 3.42. The highest BCUT2D eigenvalue weighted by atomic mass is 16.1. The lowest BCUT2D eigenvalue weighted by molar-refractivity contribution is 0.101. The van der Waals surface area contributed by atoms with Crippen LogP contribution >= 0.6 is 0 Å². The summed E-state index contributed by atoms with van der Waals surface area (Å²) in [4.78, 5) is 28.1. The van der Waals surface area contributed by atoms with Gasteiger partial charge in [0.1, 0.15) is 0 Å². The summed E-state index contributed by atoms with van der Waals surface area (Å²) >= 11 is 0. The first kappa shape index (κ1) is 13.9. The number of carbonyl (C=O) groups is 2. The van der Waals surface area contributed by atoms with Crippen molar-refractivity contribution in [2.75, 3.05) is 5.32 Å².